The molecule has 0 saturated carbocycles. The molecule has 1 heteroatoms. The highest BCUT2D eigenvalue weighted by molar-refractivity contribution is 4.96. The second-order valence-electron chi connectivity index (χ2n) is 3.55. The van der Waals surface area contributed by atoms with Crippen LogP contribution >= 0.6 is 0 Å². The fraction of sp³-hybridized carbons (Fsp3) is 0.778. The molecule has 0 bridgehead atoms. The average molecular weight is 142 g/mol. The SMILES string of the molecule is CCOC(C)=CC(C)(C)C. The molecular weight excluding hydrogens is 124 g/mol. The average Bonchev–Trinajstić information content (AvgIpc) is 1.59. The van der Waals surface area contributed by atoms with Gasteiger partial charge in [0.1, 0.15) is 0 Å². The molecule has 10 heavy (non-hydrogen) atoms. The van der Waals surface area contributed by atoms with E-state index in [9.17, 15) is 0 Å². The first-order valence-electron chi connectivity index (χ1n) is 3.78. The van der Waals surface area contributed by atoms with Crippen LogP contribution in [0.5, 0.6) is 0 Å². The number of hydrogen-bond donors (Lipinski definition) is 0. The summed E-state index contributed by atoms with van der Waals surface area (Å²) in [5, 5.41) is 0. The zero-order valence-corrected chi connectivity index (χ0v) is 7.69. The van der Waals surface area contributed by atoms with Gasteiger partial charge in [-0.1, -0.05) is 20.8 Å². The molecule has 0 aliphatic carbocycles. The molecule has 0 aromatic heterocycles. The van der Waals surface area contributed by atoms with E-state index >= 15 is 0 Å². The molecule has 0 fully saturated rings. The van der Waals surface area contributed by atoms with E-state index in [0.29, 0.717) is 0 Å². The second kappa shape index (κ2) is 3.65. The van der Waals surface area contributed by atoms with E-state index < -0.39 is 0 Å². The van der Waals surface area contributed by atoms with Crippen LogP contribution in [0, 0.1) is 5.41 Å². The summed E-state index contributed by atoms with van der Waals surface area (Å²) in [6, 6.07) is 0. The van der Waals surface area contributed by atoms with Crippen LogP contribution in [0.15, 0.2) is 11.8 Å². The molecule has 0 atom stereocenters. The lowest BCUT2D eigenvalue weighted by Crippen LogP contribution is -2.01. The Kier molecular flexibility index (Phi) is 3.48. The van der Waals surface area contributed by atoms with Crippen LogP contribution in [0.3, 0.4) is 0 Å². The molecule has 0 heterocycles. The van der Waals surface area contributed by atoms with Crippen LogP contribution in [-0.4, -0.2) is 6.61 Å². The molecule has 0 rings (SSSR count). The van der Waals surface area contributed by atoms with Crippen LogP contribution in [0.25, 0.3) is 0 Å². The van der Waals surface area contributed by atoms with Gasteiger partial charge < -0.3 is 4.74 Å². The molecule has 0 saturated heterocycles. The van der Waals surface area contributed by atoms with E-state index in [0.717, 1.165) is 12.4 Å². The summed E-state index contributed by atoms with van der Waals surface area (Å²) in [6.07, 6.45) is 2.14. The van der Waals surface area contributed by atoms with E-state index in [-0.39, 0.29) is 5.41 Å². The van der Waals surface area contributed by atoms with Crippen LogP contribution in [0.4, 0.5) is 0 Å². The normalized spacial score (nSPS) is 13.5. The smallest absolute Gasteiger partial charge is 0.0894 e. The Morgan fingerprint density at radius 1 is 1.40 bits per heavy atom. The van der Waals surface area contributed by atoms with Crippen molar-refractivity contribution in [3.63, 3.8) is 0 Å². The lowest BCUT2D eigenvalue weighted by molar-refractivity contribution is 0.225. The number of hydrogen-bond acceptors (Lipinski definition) is 1. The highest BCUT2D eigenvalue weighted by Crippen LogP contribution is 2.17. The highest BCUT2D eigenvalue weighted by Gasteiger charge is 2.05. The Morgan fingerprint density at radius 2 is 1.90 bits per heavy atom. The second-order valence-corrected chi connectivity index (χ2v) is 3.55. The molecule has 0 aliphatic rings. The Bertz CT molecular complexity index is 117. The molecule has 0 radical (unpaired) electrons. The van der Waals surface area contributed by atoms with Crippen molar-refractivity contribution in [1.29, 1.82) is 0 Å². The molecule has 0 aromatic rings. The van der Waals surface area contributed by atoms with Gasteiger partial charge in [-0.25, -0.2) is 0 Å². The van der Waals surface area contributed by atoms with Gasteiger partial charge in [-0.05, 0) is 25.3 Å². The lowest BCUT2D eigenvalue weighted by Gasteiger charge is -2.13. The van der Waals surface area contributed by atoms with E-state index in [1.54, 1.807) is 0 Å². The molecule has 0 spiro atoms. The van der Waals surface area contributed by atoms with Crippen molar-refractivity contribution < 1.29 is 4.74 Å². The van der Waals surface area contributed by atoms with Crippen molar-refractivity contribution in [2.75, 3.05) is 6.61 Å². The minimum atomic E-state index is 0.235. The maximum Gasteiger partial charge on any atom is 0.0894 e. The summed E-state index contributed by atoms with van der Waals surface area (Å²) >= 11 is 0. The maximum absolute atomic E-state index is 5.28. The Labute approximate surface area is 64.1 Å². The molecule has 0 amide bonds. The van der Waals surface area contributed by atoms with Crippen molar-refractivity contribution >= 4 is 0 Å². The lowest BCUT2D eigenvalue weighted by atomic mass is 9.96. The highest BCUT2D eigenvalue weighted by atomic mass is 16.5. The summed E-state index contributed by atoms with van der Waals surface area (Å²) in [4.78, 5) is 0. The first-order valence-corrected chi connectivity index (χ1v) is 3.78. The largest absolute Gasteiger partial charge is 0.499 e. The fourth-order valence-electron chi connectivity index (χ4n) is 0.879. The molecule has 0 aliphatic heterocycles. The van der Waals surface area contributed by atoms with Gasteiger partial charge in [-0.15, -0.1) is 0 Å². The van der Waals surface area contributed by atoms with Crippen molar-refractivity contribution in [1.82, 2.24) is 0 Å². The summed E-state index contributed by atoms with van der Waals surface area (Å²) in [5.41, 5.74) is 0.235. The van der Waals surface area contributed by atoms with Crippen LogP contribution < -0.4 is 0 Å². The molecular formula is C9H18O. The Morgan fingerprint density at radius 3 is 2.20 bits per heavy atom. The van der Waals surface area contributed by atoms with Crippen LogP contribution in [0.2, 0.25) is 0 Å². The maximum atomic E-state index is 5.28. The predicted octanol–water partition coefficient (Wildman–Crippen LogP) is 2.97. The van der Waals surface area contributed by atoms with Gasteiger partial charge in [0.25, 0.3) is 0 Å². The van der Waals surface area contributed by atoms with Gasteiger partial charge in [0.05, 0.1) is 12.4 Å². The van der Waals surface area contributed by atoms with E-state index in [1.165, 1.54) is 0 Å². The quantitative estimate of drug-likeness (QED) is 0.538. The van der Waals surface area contributed by atoms with E-state index in [4.69, 9.17) is 4.74 Å². The summed E-state index contributed by atoms with van der Waals surface area (Å²) < 4.78 is 5.28. The van der Waals surface area contributed by atoms with Crippen molar-refractivity contribution in [3.8, 4) is 0 Å². The van der Waals surface area contributed by atoms with Gasteiger partial charge in [-0.2, -0.15) is 0 Å². The molecule has 0 unspecified atom stereocenters. The van der Waals surface area contributed by atoms with Gasteiger partial charge in [0.2, 0.25) is 0 Å². The first kappa shape index (κ1) is 9.54. The standard InChI is InChI=1S/C9H18O/c1-6-10-8(2)7-9(3,4)5/h7H,6H2,1-5H3. The number of allylic oxidation sites excluding steroid dienone is 2. The Balaban J connectivity index is 3.90. The molecule has 60 valence electrons. The molecule has 0 aromatic carbocycles. The minimum absolute atomic E-state index is 0.235. The third kappa shape index (κ3) is 5.67. The molecule has 1 nitrogen and oxygen atoms in total. The third-order valence-electron chi connectivity index (χ3n) is 1.01. The number of rotatable bonds is 2. The van der Waals surface area contributed by atoms with Crippen molar-refractivity contribution in [2.45, 2.75) is 34.6 Å². The summed E-state index contributed by atoms with van der Waals surface area (Å²) in [5.74, 6) is 1.02. The first-order chi connectivity index (χ1) is 4.45. The van der Waals surface area contributed by atoms with Gasteiger partial charge >= 0.3 is 0 Å². The summed E-state index contributed by atoms with van der Waals surface area (Å²) in [6.45, 7) is 11.2. The topological polar surface area (TPSA) is 9.23 Å². The molecule has 0 N–H and O–H groups in total. The van der Waals surface area contributed by atoms with Gasteiger partial charge in [0, 0.05) is 0 Å². The summed E-state index contributed by atoms with van der Waals surface area (Å²) in [7, 11) is 0. The van der Waals surface area contributed by atoms with Crippen LogP contribution in [0.1, 0.15) is 34.6 Å². The van der Waals surface area contributed by atoms with Crippen molar-refractivity contribution in [3.05, 3.63) is 11.8 Å². The van der Waals surface area contributed by atoms with Gasteiger partial charge in [-0.3, -0.25) is 0 Å². The third-order valence-corrected chi connectivity index (χ3v) is 1.01. The van der Waals surface area contributed by atoms with Crippen molar-refractivity contribution in [2.24, 2.45) is 5.41 Å². The van der Waals surface area contributed by atoms with E-state index in [2.05, 4.69) is 26.8 Å². The van der Waals surface area contributed by atoms with Crippen LogP contribution in [-0.2, 0) is 4.74 Å². The predicted molar refractivity (Wildman–Crippen MR) is 44.8 cm³/mol. The Hall–Kier alpha value is -0.460. The fourth-order valence-corrected chi connectivity index (χ4v) is 0.879. The minimum Gasteiger partial charge on any atom is -0.499 e. The zero-order chi connectivity index (χ0) is 8.20. The zero-order valence-electron chi connectivity index (χ0n) is 7.69. The van der Waals surface area contributed by atoms with E-state index in [1.807, 2.05) is 13.8 Å². The monoisotopic (exact) mass is 142 g/mol. The van der Waals surface area contributed by atoms with Gasteiger partial charge in [0.15, 0.2) is 0 Å². The number of ether oxygens (including phenoxy) is 1.